The number of para-hydroxylation sites is 1. The summed E-state index contributed by atoms with van der Waals surface area (Å²) in [6.07, 6.45) is 0.245. The van der Waals surface area contributed by atoms with E-state index in [0.29, 0.717) is 11.3 Å². The van der Waals surface area contributed by atoms with E-state index in [4.69, 9.17) is 0 Å². The van der Waals surface area contributed by atoms with E-state index in [1.54, 1.807) is 24.3 Å². The third-order valence-corrected chi connectivity index (χ3v) is 3.49. The van der Waals surface area contributed by atoms with Crippen molar-refractivity contribution >= 4 is 23.3 Å². The fourth-order valence-electron chi connectivity index (χ4n) is 2.41. The van der Waals surface area contributed by atoms with E-state index >= 15 is 0 Å². The molecule has 22 heavy (non-hydrogen) atoms. The van der Waals surface area contributed by atoms with Crippen molar-refractivity contribution in [1.82, 2.24) is 0 Å². The molecule has 110 valence electrons. The third kappa shape index (κ3) is 2.74. The van der Waals surface area contributed by atoms with Crippen LogP contribution >= 0.6 is 0 Å². The number of hydrogen-bond donors (Lipinski definition) is 2. The number of anilines is 1. The number of carboxylic acids is 1. The molecule has 1 amide bonds. The molecule has 0 radical (unpaired) electrons. The van der Waals surface area contributed by atoms with Gasteiger partial charge in [0.15, 0.2) is 6.04 Å². The van der Waals surface area contributed by atoms with Gasteiger partial charge in [-0.2, -0.15) is 0 Å². The zero-order valence-corrected chi connectivity index (χ0v) is 11.7. The summed E-state index contributed by atoms with van der Waals surface area (Å²) in [5.74, 6) is -1.41. The lowest BCUT2D eigenvalue weighted by Crippen LogP contribution is -2.25. The van der Waals surface area contributed by atoms with Crippen molar-refractivity contribution in [2.45, 2.75) is 12.5 Å². The van der Waals surface area contributed by atoms with Crippen LogP contribution in [0.2, 0.25) is 0 Å². The maximum absolute atomic E-state index is 12.0. The second-order valence-electron chi connectivity index (χ2n) is 5.02. The Balaban J connectivity index is 1.93. The first-order chi connectivity index (χ1) is 10.6. The van der Waals surface area contributed by atoms with Crippen molar-refractivity contribution in [2.75, 3.05) is 5.32 Å². The average Bonchev–Trinajstić information content (AvgIpc) is 2.83. The summed E-state index contributed by atoms with van der Waals surface area (Å²) >= 11 is 0. The SMILES string of the molecule is O=C1Nc2ccccc2C1=NC(Cc1ccccc1)C(=O)O. The van der Waals surface area contributed by atoms with Crippen molar-refractivity contribution in [3.8, 4) is 0 Å². The molecule has 0 aliphatic carbocycles. The van der Waals surface area contributed by atoms with Crippen LogP contribution in [0.15, 0.2) is 59.6 Å². The molecule has 5 nitrogen and oxygen atoms in total. The molecule has 0 spiro atoms. The van der Waals surface area contributed by atoms with Gasteiger partial charge in [0.1, 0.15) is 5.71 Å². The summed E-state index contributed by atoms with van der Waals surface area (Å²) in [5, 5.41) is 12.1. The largest absolute Gasteiger partial charge is 0.480 e. The molecule has 0 aromatic heterocycles. The van der Waals surface area contributed by atoms with Gasteiger partial charge in [0.05, 0.1) is 5.69 Å². The van der Waals surface area contributed by atoms with Gasteiger partial charge in [-0.15, -0.1) is 0 Å². The molecule has 0 saturated heterocycles. The van der Waals surface area contributed by atoms with Gasteiger partial charge in [0, 0.05) is 12.0 Å². The molecule has 1 unspecified atom stereocenters. The number of aliphatic imine (C=N–C) groups is 1. The number of carboxylic acid groups (broad SMARTS) is 1. The zero-order chi connectivity index (χ0) is 15.5. The van der Waals surface area contributed by atoms with E-state index in [1.165, 1.54) is 0 Å². The molecular formula is C17H14N2O3. The fraction of sp³-hybridized carbons (Fsp3) is 0.118. The van der Waals surface area contributed by atoms with Crippen LogP contribution in [0, 0.1) is 0 Å². The molecule has 1 aliphatic rings. The van der Waals surface area contributed by atoms with E-state index in [9.17, 15) is 14.7 Å². The minimum atomic E-state index is -1.05. The van der Waals surface area contributed by atoms with Crippen LogP contribution < -0.4 is 5.32 Å². The van der Waals surface area contributed by atoms with Crippen molar-refractivity contribution in [3.05, 3.63) is 65.7 Å². The summed E-state index contributed by atoms with van der Waals surface area (Å²) in [4.78, 5) is 27.7. The highest BCUT2D eigenvalue weighted by molar-refractivity contribution is 6.53. The second-order valence-corrected chi connectivity index (χ2v) is 5.02. The van der Waals surface area contributed by atoms with Gasteiger partial charge in [-0.1, -0.05) is 48.5 Å². The van der Waals surface area contributed by atoms with Gasteiger partial charge in [0.25, 0.3) is 5.91 Å². The van der Waals surface area contributed by atoms with Gasteiger partial charge in [0.2, 0.25) is 0 Å². The lowest BCUT2D eigenvalue weighted by molar-refractivity contribution is -0.138. The minimum absolute atomic E-state index is 0.180. The number of rotatable bonds is 4. The number of fused-ring (bicyclic) bond motifs is 1. The Bertz CT molecular complexity index is 754. The average molecular weight is 294 g/mol. The van der Waals surface area contributed by atoms with E-state index < -0.39 is 12.0 Å². The normalized spacial score (nSPS) is 16.2. The van der Waals surface area contributed by atoms with Crippen LogP contribution in [0.5, 0.6) is 0 Å². The number of carbonyl (C=O) groups is 2. The molecule has 3 rings (SSSR count). The molecule has 5 heteroatoms. The van der Waals surface area contributed by atoms with Gasteiger partial charge < -0.3 is 10.4 Å². The number of aliphatic carboxylic acids is 1. The Morgan fingerprint density at radius 1 is 1.09 bits per heavy atom. The van der Waals surface area contributed by atoms with Crippen LogP contribution in [0.3, 0.4) is 0 Å². The molecule has 1 heterocycles. The standard InChI is InChI=1S/C17H14N2O3/c20-16-15(12-8-4-5-9-13(12)19-16)18-14(17(21)22)10-11-6-2-1-3-7-11/h1-9,14H,10H2,(H,21,22)(H,18,19,20). The third-order valence-electron chi connectivity index (χ3n) is 3.49. The van der Waals surface area contributed by atoms with E-state index in [-0.39, 0.29) is 18.0 Å². The molecule has 2 aromatic rings. The molecule has 2 aromatic carbocycles. The summed E-state index contributed by atoms with van der Waals surface area (Å²) in [6.45, 7) is 0. The highest BCUT2D eigenvalue weighted by Gasteiger charge is 2.28. The van der Waals surface area contributed by atoms with Crippen molar-refractivity contribution in [2.24, 2.45) is 4.99 Å². The second kappa shape index (κ2) is 5.81. The van der Waals surface area contributed by atoms with Crippen molar-refractivity contribution in [3.63, 3.8) is 0 Å². The zero-order valence-electron chi connectivity index (χ0n) is 11.7. The number of hydrogen-bond acceptors (Lipinski definition) is 3. The van der Waals surface area contributed by atoms with Crippen LogP contribution in [0.1, 0.15) is 11.1 Å². The Hall–Kier alpha value is -2.95. The van der Waals surface area contributed by atoms with Gasteiger partial charge in [-0.05, 0) is 11.6 Å². The van der Waals surface area contributed by atoms with Crippen molar-refractivity contribution in [1.29, 1.82) is 0 Å². The molecule has 1 atom stereocenters. The molecule has 0 bridgehead atoms. The van der Waals surface area contributed by atoms with Gasteiger partial charge in [-0.25, -0.2) is 4.79 Å². The molecule has 0 fully saturated rings. The van der Waals surface area contributed by atoms with Crippen LogP contribution in [-0.4, -0.2) is 28.7 Å². The quantitative estimate of drug-likeness (QED) is 0.906. The Labute approximate surface area is 127 Å². The van der Waals surface area contributed by atoms with Crippen molar-refractivity contribution < 1.29 is 14.7 Å². The fourth-order valence-corrected chi connectivity index (χ4v) is 2.41. The Kier molecular flexibility index (Phi) is 3.70. The summed E-state index contributed by atoms with van der Waals surface area (Å²) in [7, 11) is 0. The minimum Gasteiger partial charge on any atom is -0.480 e. The number of amides is 1. The van der Waals surface area contributed by atoms with Crippen LogP contribution in [0.25, 0.3) is 0 Å². The highest BCUT2D eigenvalue weighted by atomic mass is 16.4. The van der Waals surface area contributed by atoms with E-state index in [1.807, 2.05) is 30.3 Å². The number of benzene rings is 2. The lowest BCUT2D eigenvalue weighted by Gasteiger charge is -2.08. The topological polar surface area (TPSA) is 78.8 Å². The summed E-state index contributed by atoms with van der Waals surface area (Å²) in [5.41, 5.74) is 2.35. The van der Waals surface area contributed by atoms with Crippen LogP contribution in [0.4, 0.5) is 5.69 Å². The summed E-state index contributed by atoms with van der Waals surface area (Å²) in [6, 6.07) is 15.4. The number of carbonyl (C=O) groups excluding carboxylic acids is 1. The van der Waals surface area contributed by atoms with E-state index in [0.717, 1.165) is 5.56 Å². The molecule has 2 N–H and O–H groups in total. The predicted molar refractivity (Wildman–Crippen MR) is 83.2 cm³/mol. The first kappa shape index (κ1) is 14.0. The number of nitrogens with zero attached hydrogens (tertiary/aromatic N) is 1. The lowest BCUT2D eigenvalue weighted by atomic mass is 10.1. The number of nitrogens with one attached hydrogen (secondary N) is 1. The summed E-state index contributed by atoms with van der Waals surface area (Å²) < 4.78 is 0. The maximum Gasteiger partial charge on any atom is 0.328 e. The van der Waals surface area contributed by atoms with Crippen LogP contribution in [-0.2, 0) is 16.0 Å². The highest BCUT2D eigenvalue weighted by Crippen LogP contribution is 2.23. The molecule has 1 aliphatic heterocycles. The van der Waals surface area contributed by atoms with Gasteiger partial charge >= 0.3 is 5.97 Å². The smallest absolute Gasteiger partial charge is 0.328 e. The maximum atomic E-state index is 12.0. The first-order valence-corrected chi connectivity index (χ1v) is 6.90. The molecular weight excluding hydrogens is 280 g/mol. The monoisotopic (exact) mass is 294 g/mol. The predicted octanol–water partition coefficient (Wildman–Crippen LogP) is 2.12. The molecule has 0 saturated carbocycles. The van der Waals surface area contributed by atoms with Gasteiger partial charge in [-0.3, -0.25) is 9.79 Å². The Morgan fingerprint density at radius 2 is 1.77 bits per heavy atom. The Morgan fingerprint density at radius 3 is 2.50 bits per heavy atom. The first-order valence-electron chi connectivity index (χ1n) is 6.90. The van der Waals surface area contributed by atoms with E-state index in [2.05, 4.69) is 10.3 Å².